The van der Waals surface area contributed by atoms with Gasteiger partial charge in [-0.1, -0.05) is 33.1 Å². The van der Waals surface area contributed by atoms with E-state index in [2.05, 4.69) is 33.8 Å². The first-order valence-corrected chi connectivity index (χ1v) is 9.61. The molecule has 1 aromatic heterocycles. The molecular weight excluding hydrogens is 304 g/mol. The molecule has 0 radical (unpaired) electrons. The predicted molar refractivity (Wildman–Crippen MR) is 94.2 cm³/mol. The lowest BCUT2D eigenvalue weighted by Gasteiger charge is -2.42. The zero-order chi connectivity index (χ0) is 16.9. The first-order valence-electron chi connectivity index (χ1n) is 9.61. The summed E-state index contributed by atoms with van der Waals surface area (Å²) in [5.74, 6) is 2.50. The van der Waals surface area contributed by atoms with Crippen LogP contribution in [-0.4, -0.2) is 59.0 Å². The smallest absolute Gasteiger partial charge is 0.266 e. The molecular formula is C18H32N4O2. The van der Waals surface area contributed by atoms with Gasteiger partial charge in [-0.25, -0.2) is 0 Å². The fraction of sp³-hybridized carbons (Fsp3) is 0.889. The summed E-state index contributed by atoms with van der Waals surface area (Å²) in [7, 11) is 0. The summed E-state index contributed by atoms with van der Waals surface area (Å²) >= 11 is 0. The third-order valence-corrected chi connectivity index (χ3v) is 5.49. The van der Waals surface area contributed by atoms with E-state index in [-0.39, 0.29) is 12.5 Å². The summed E-state index contributed by atoms with van der Waals surface area (Å²) in [6, 6.07) is 0.381. The highest BCUT2D eigenvalue weighted by molar-refractivity contribution is 5.29. The van der Waals surface area contributed by atoms with Crippen LogP contribution in [0.15, 0.2) is 4.52 Å². The number of piperazine rings is 1. The van der Waals surface area contributed by atoms with E-state index >= 15 is 0 Å². The van der Waals surface area contributed by atoms with Crippen LogP contribution in [0.5, 0.6) is 0 Å². The third-order valence-electron chi connectivity index (χ3n) is 5.49. The van der Waals surface area contributed by atoms with Gasteiger partial charge in [-0.15, -0.1) is 0 Å². The van der Waals surface area contributed by atoms with E-state index in [1.807, 2.05) is 0 Å². The minimum atomic E-state index is 0.239. The van der Waals surface area contributed by atoms with Gasteiger partial charge >= 0.3 is 0 Å². The quantitative estimate of drug-likeness (QED) is 0.861. The molecule has 1 saturated heterocycles. The Bertz CT molecular complexity index is 499. The van der Waals surface area contributed by atoms with E-state index in [0.717, 1.165) is 32.0 Å². The van der Waals surface area contributed by atoms with Gasteiger partial charge in [0.25, 0.3) is 5.95 Å². The van der Waals surface area contributed by atoms with Crippen LogP contribution in [0.4, 0.5) is 5.95 Å². The maximum absolute atomic E-state index is 9.48. The fourth-order valence-electron chi connectivity index (χ4n) is 4.03. The first-order chi connectivity index (χ1) is 11.7. The largest absolute Gasteiger partial charge is 0.396 e. The molecule has 6 nitrogen and oxygen atoms in total. The molecule has 2 aliphatic rings. The lowest BCUT2D eigenvalue weighted by Crippen LogP contribution is -2.55. The average molecular weight is 336 g/mol. The second-order valence-corrected chi connectivity index (χ2v) is 7.70. The van der Waals surface area contributed by atoms with E-state index in [9.17, 15) is 5.11 Å². The molecule has 6 heteroatoms. The van der Waals surface area contributed by atoms with Crippen molar-refractivity contribution < 1.29 is 9.63 Å². The molecule has 1 N–H and O–H groups in total. The highest BCUT2D eigenvalue weighted by atomic mass is 16.5. The molecule has 1 atom stereocenters. The van der Waals surface area contributed by atoms with E-state index in [4.69, 9.17) is 4.52 Å². The highest BCUT2D eigenvalue weighted by Crippen LogP contribution is 2.27. The van der Waals surface area contributed by atoms with Gasteiger partial charge in [-0.3, -0.25) is 4.90 Å². The summed E-state index contributed by atoms with van der Waals surface area (Å²) in [6.45, 7) is 8.38. The van der Waals surface area contributed by atoms with Crippen LogP contribution < -0.4 is 4.90 Å². The van der Waals surface area contributed by atoms with Crippen LogP contribution in [0.3, 0.4) is 0 Å². The Labute approximate surface area is 145 Å². The number of rotatable bonds is 6. The second-order valence-electron chi connectivity index (χ2n) is 7.70. The molecule has 3 rings (SSSR count). The molecule has 24 heavy (non-hydrogen) atoms. The number of aliphatic hydroxyl groups excluding tert-OH is 1. The van der Waals surface area contributed by atoms with Crippen molar-refractivity contribution in [2.45, 2.75) is 64.3 Å². The summed E-state index contributed by atoms with van der Waals surface area (Å²) < 4.78 is 5.36. The standard InChI is InChI=1S/C18H32N4O2/c1-14(2)17-19-18(20-24-17)22-10-9-21(16(13-22)8-11-23)12-15-6-4-3-5-7-15/h14-16,23H,3-13H2,1-2H3/t16-/m0/s1. The topological polar surface area (TPSA) is 65.6 Å². The maximum Gasteiger partial charge on any atom is 0.266 e. The molecule has 0 aromatic carbocycles. The number of aromatic nitrogens is 2. The Morgan fingerprint density at radius 2 is 2.00 bits per heavy atom. The molecule has 1 aliphatic carbocycles. The summed E-state index contributed by atoms with van der Waals surface area (Å²) in [6.07, 6.45) is 7.73. The second kappa shape index (κ2) is 8.30. The lowest BCUT2D eigenvalue weighted by molar-refractivity contribution is 0.112. The van der Waals surface area contributed by atoms with Crippen molar-refractivity contribution in [1.29, 1.82) is 0 Å². The van der Waals surface area contributed by atoms with E-state index in [1.165, 1.54) is 38.6 Å². The van der Waals surface area contributed by atoms with Gasteiger partial charge in [0.1, 0.15) is 0 Å². The number of hydrogen-bond acceptors (Lipinski definition) is 6. The monoisotopic (exact) mass is 336 g/mol. The van der Waals surface area contributed by atoms with Gasteiger partial charge in [0.15, 0.2) is 0 Å². The number of hydrogen-bond donors (Lipinski definition) is 1. The van der Waals surface area contributed by atoms with Gasteiger partial charge in [-0.2, -0.15) is 4.98 Å². The first kappa shape index (κ1) is 17.7. The van der Waals surface area contributed by atoms with Crippen molar-refractivity contribution in [2.75, 3.05) is 37.7 Å². The molecule has 0 spiro atoms. The van der Waals surface area contributed by atoms with Crippen LogP contribution >= 0.6 is 0 Å². The third kappa shape index (κ3) is 4.28. The minimum Gasteiger partial charge on any atom is -0.396 e. The van der Waals surface area contributed by atoms with Gasteiger partial charge in [0.2, 0.25) is 5.89 Å². The Balaban J connectivity index is 1.61. The highest BCUT2D eigenvalue weighted by Gasteiger charge is 2.30. The Hall–Kier alpha value is -1.14. The zero-order valence-corrected chi connectivity index (χ0v) is 15.2. The van der Waals surface area contributed by atoms with Crippen LogP contribution in [0.2, 0.25) is 0 Å². The zero-order valence-electron chi connectivity index (χ0n) is 15.2. The van der Waals surface area contributed by atoms with E-state index in [0.29, 0.717) is 17.9 Å². The van der Waals surface area contributed by atoms with Gasteiger partial charge in [0.05, 0.1) is 0 Å². The van der Waals surface area contributed by atoms with Gasteiger partial charge < -0.3 is 14.5 Å². The van der Waals surface area contributed by atoms with Crippen molar-refractivity contribution in [3.05, 3.63) is 5.89 Å². The Morgan fingerprint density at radius 1 is 1.21 bits per heavy atom. The molecule has 2 heterocycles. The Morgan fingerprint density at radius 3 is 2.67 bits per heavy atom. The minimum absolute atomic E-state index is 0.239. The number of anilines is 1. The summed E-state index contributed by atoms with van der Waals surface area (Å²) in [5.41, 5.74) is 0. The van der Waals surface area contributed by atoms with Crippen LogP contribution in [0, 0.1) is 5.92 Å². The predicted octanol–water partition coefficient (Wildman–Crippen LogP) is 2.65. The van der Waals surface area contributed by atoms with Crippen LogP contribution in [0.25, 0.3) is 0 Å². The SMILES string of the molecule is CC(C)c1nc(N2CCN(CC3CCCCC3)[C@@H](CCO)C2)no1. The Kier molecular flexibility index (Phi) is 6.11. The summed E-state index contributed by atoms with van der Waals surface area (Å²) in [5, 5.41) is 13.6. The maximum atomic E-state index is 9.48. The number of aliphatic hydroxyl groups is 1. The molecule has 1 aromatic rings. The van der Waals surface area contributed by atoms with E-state index < -0.39 is 0 Å². The molecule has 136 valence electrons. The normalized spacial score (nSPS) is 24.0. The van der Waals surface area contributed by atoms with E-state index in [1.54, 1.807) is 0 Å². The molecule has 1 aliphatic heterocycles. The van der Waals surface area contributed by atoms with Crippen LogP contribution in [-0.2, 0) is 0 Å². The van der Waals surface area contributed by atoms with Crippen LogP contribution in [0.1, 0.15) is 64.2 Å². The van der Waals surface area contributed by atoms with Gasteiger partial charge in [0, 0.05) is 44.7 Å². The average Bonchev–Trinajstić information content (AvgIpc) is 3.08. The fourth-order valence-corrected chi connectivity index (χ4v) is 4.03. The molecule has 0 bridgehead atoms. The van der Waals surface area contributed by atoms with Crippen molar-refractivity contribution in [1.82, 2.24) is 15.0 Å². The summed E-state index contributed by atoms with van der Waals surface area (Å²) in [4.78, 5) is 9.34. The molecule has 1 saturated carbocycles. The van der Waals surface area contributed by atoms with Crippen molar-refractivity contribution in [3.8, 4) is 0 Å². The molecule has 2 fully saturated rings. The molecule has 0 unspecified atom stereocenters. The number of nitrogens with zero attached hydrogens (tertiary/aromatic N) is 4. The van der Waals surface area contributed by atoms with Gasteiger partial charge in [-0.05, 0) is 30.3 Å². The van der Waals surface area contributed by atoms with Crippen molar-refractivity contribution >= 4 is 5.95 Å². The lowest BCUT2D eigenvalue weighted by atomic mass is 9.88. The van der Waals surface area contributed by atoms with Crippen molar-refractivity contribution in [3.63, 3.8) is 0 Å². The van der Waals surface area contributed by atoms with Crippen molar-refractivity contribution in [2.24, 2.45) is 5.92 Å². The molecule has 0 amide bonds.